The molecule has 0 bridgehead atoms. The molecule has 1 saturated heterocycles. The monoisotopic (exact) mass is 439 g/mol. The summed E-state index contributed by atoms with van der Waals surface area (Å²) in [5, 5.41) is 2.96. The van der Waals surface area contributed by atoms with Crippen molar-refractivity contribution in [3.05, 3.63) is 22.5 Å². The quantitative estimate of drug-likeness (QED) is 0.750. The standard InChI is InChI=1S/C19H26BrN3O4/c1-12(2)21-18(24)13-5-4-6-22(11-13)19(25)15-9-16-14(10-17(20)27-16)23(15)7-8-26-3/h9-10,12-13H,4-8,11H2,1-3H3,(H,21,24). The summed E-state index contributed by atoms with van der Waals surface area (Å²) in [6, 6.07) is 3.73. The van der Waals surface area contributed by atoms with Crippen molar-refractivity contribution in [1.82, 2.24) is 14.8 Å². The first-order valence-corrected chi connectivity index (χ1v) is 10.1. The molecule has 1 aliphatic heterocycles. The van der Waals surface area contributed by atoms with E-state index in [0.717, 1.165) is 18.4 Å². The molecule has 27 heavy (non-hydrogen) atoms. The number of piperidine rings is 1. The first-order chi connectivity index (χ1) is 12.9. The summed E-state index contributed by atoms with van der Waals surface area (Å²) in [4.78, 5) is 27.4. The van der Waals surface area contributed by atoms with E-state index in [9.17, 15) is 9.59 Å². The molecular weight excluding hydrogens is 414 g/mol. The van der Waals surface area contributed by atoms with E-state index in [1.54, 1.807) is 18.1 Å². The Balaban J connectivity index is 1.82. The van der Waals surface area contributed by atoms with Crippen molar-refractivity contribution >= 4 is 38.8 Å². The van der Waals surface area contributed by atoms with Crippen LogP contribution in [0.25, 0.3) is 11.1 Å². The third-order valence-corrected chi connectivity index (χ3v) is 5.20. The molecule has 0 aliphatic carbocycles. The lowest BCUT2D eigenvalue weighted by Gasteiger charge is -2.32. The predicted octanol–water partition coefficient (Wildman–Crippen LogP) is 3.02. The van der Waals surface area contributed by atoms with Gasteiger partial charge in [0.05, 0.1) is 18.0 Å². The Morgan fingerprint density at radius 2 is 2.19 bits per heavy atom. The van der Waals surface area contributed by atoms with Crippen LogP contribution in [0.5, 0.6) is 0 Å². The third kappa shape index (κ3) is 4.38. The summed E-state index contributed by atoms with van der Waals surface area (Å²) in [5.41, 5.74) is 2.08. The first kappa shape index (κ1) is 19.9. The van der Waals surface area contributed by atoms with Crippen molar-refractivity contribution in [2.75, 3.05) is 26.8 Å². The van der Waals surface area contributed by atoms with Gasteiger partial charge in [-0.3, -0.25) is 9.59 Å². The molecule has 2 amide bonds. The Kier molecular flexibility index (Phi) is 6.26. The van der Waals surface area contributed by atoms with Crippen LogP contribution in [0, 0.1) is 5.92 Å². The number of hydrogen-bond acceptors (Lipinski definition) is 4. The summed E-state index contributed by atoms with van der Waals surface area (Å²) >= 11 is 3.34. The van der Waals surface area contributed by atoms with Gasteiger partial charge in [0.1, 0.15) is 5.69 Å². The second kappa shape index (κ2) is 8.48. The van der Waals surface area contributed by atoms with E-state index in [-0.39, 0.29) is 23.8 Å². The van der Waals surface area contributed by atoms with Crippen molar-refractivity contribution < 1.29 is 18.7 Å². The number of methoxy groups -OCH3 is 1. The third-order valence-electron chi connectivity index (χ3n) is 4.81. The number of nitrogens with zero attached hydrogens (tertiary/aromatic N) is 2. The number of amides is 2. The normalized spacial score (nSPS) is 17.7. The Morgan fingerprint density at radius 1 is 1.41 bits per heavy atom. The SMILES string of the molecule is COCCn1c(C(=O)N2CCCC(C(=O)NC(C)C)C2)cc2oc(Br)cc21. The smallest absolute Gasteiger partial charge is 0.270 e. The molecule has 2 aromatic rings. The van der Waals surface area contributed by atoms with Crippen LogP contribution in [0.3, 0.4) is 0 Å². The van der Waals surface area contributed by atoms with Crippen LogP contribution in [0.4, 0.5) is 0 Å². The largest absolute Gasteiger partial charge is 0.448 e. The van der Waals surface area contributed by atoms with Crippen molar-refractivity contribution in [1.29, 1.82) is 0 Å². The highest BCUT2D eigenvalue weighted by Crippen LogP contribution is 2.28. The number of likely N-dealkylation sites (tertiary alicyclic amines) is 1. The summed E-state index contributed by atoms with van der Waals surface area (Å²) in [6.07, 6.45) is 1.63. The van der Waals surface area contributed by atoms with Crippen LogP contribution in [0.15, 0.2) is 21.2 Å². The Morgan fingerprint density at radius 3 is 2.89 bits per heavy atom. The van der Waals surface area contributed by atoms with Crippen molar-refractivity contribution in [2.24, 2.45) is 5.92 Å². The highest BCUT2D eigenvalue weighted by atomic mass is 79.9. The van der Waals surface area contributed by atoms with Gasteiger partial charge in [0, 0.05) is 44.9 Å². The number of ether oxygens (including phenoxy) is 1. The molecule has 1 unspecified atom stereocenters. The lowest BCUT2D eigenvalue weighted by atomic mass is 9.96. The van der Waals surface area contributed by atoms with E-state index < -0.39 is 0 Å². The van der Waals surface area contributed by atoms with Crippen molar-refractivity contribution in [3.63, 3.8) is 0 Å². The topological polar surface area (TPSA) is 76.7 Å². The first-order valence-electron chi connectivity index (χ1n) is 9.28. The van der Waals surface area contributed by atoms with Crippen LogP contribution in [0.2, 0.25) is 0 Å². The summed E-state index contributed by atoms with van der Waals surface area (Å²) < 4.78 is 13.4. The maximum Gasteiger partial charge on any atom is 0.270 e. The maximum absolute atomic E-state index is 13.2. The molecule has 0 saturated carbocycles. The zero-order chi connectivity index (χ0) is 19.6. The number of carbonyl (C=O) groups excluding carboxylic acids is 2. The zero-order valence-corrected chi connectivity index (χ0v) is 17.5. The highest BCUT2D eigenvalue weighted by molar-refractivity contribution is 9.10. The van der Waals surface area contributed by atoms with Gasteiger partial charge in [-0.1, -0.05) is 0 Å². The molecule has 0 spiro atoms. The van der Waals surface area contributed by atoms with Crippen LogP contribution in [0.1, 0.15) is 37.2 Å². The van der Waals surface area contributed by atoms with Crippen LogP contribution in [-0.4, -0.2) is 54.1 Å². The number of hydrogen-bond donors (Lipinski definition) is 1. The fraction of sp³-hybridized carbons (Fsp3) is 0.579. The minimum atomic E-state index is -0.162. The van der Waals surface area contributed by atoms with Gasteiger partial charge in [-0.05, 0) is 42.6 Å². The van der Waals surface area contributed by atoms with Crippen molar-refractivity contribution in [2.45, 2.75) is 39.3 Å². The summed E-state index contributed by atoms with van der Waals surface area (Å²) in [5.74, 6) is -0.213. The molecule has 1 aliphatic rings. The Labute approximate surface area is 167 Å². The highest BCUT2D eigenvalue weighted by Gasteiger charge is 2.31. The number of aromatic nitrogens is 1. The second-order valence-corrected chi connectivity index (χ2v) is 8.01. The Hall–Kier alpha value is -1.80. The summed E-state index contributed by atoms with van der Waals surface area (Å²) in [7, 11) is 1.63. The number of furan rings is 1. The molecule has 148 valence electrons. The lowest BCUT2D eigenvalue weighted by molar-refractivity contribution is -0.126. The van der Waals surface area contributed by atoms with Gasteiger partial charge in [0.15, 0.2) is 10.3 Å². The predicted molar refractivity (Wildman–Crippen MR) is 106 cm³/mol. The molecule has 2 aromatic heterocycles. The second-order valence-electron chi connectivity index (χ2n) is 7.23. The molecule has 0 radical (unpaired) electrons. The fourth-order valence-corrected chi connectivity index (χ4v) is 3.94. The van der Waals surface area contributed by atoms with Gasteiger partial charge in [0.2, 0.25) is 5.91 Å². The number of nitrogens with one attached hydrogen (secondary N) is 1. The van der Waals surface area contributed by atoms with Gasteiger partial charge in [-0.15, -0.1) is 0 Å². The number of fused-ring (bicyclic) bond motifs is 1. The number of rotatable bonds is 6. The molecule has 1 fully saturated rings. The van der Waals surface area contributed by atoms with Gasteiger partial charge < -0.3 is 23.9 Å². The Bertz CT molecular complexity index is 826. The molecule has 7 nitrogen and oxygen atoms in total. The zero-order valence-electron chi connectivity index (χ0n) is 16.0. The van der Waals surface area contributed by atoms with Gasteiger partial charge in [0.25, 0.3) is 5.91 Å². The van der Waals surface area contributed by atoms with Crippen LogP contribution < -0.4 is 5.32 Å². The molecule has 8 heteroatoms. The van der Waals surface area contributed by atoms with Crippen molar-refractivity contribution in [3.8, 4) is 0 Å². The summed E-state index contributed by atoms with van der Waals surface area (Å²) in [6.45, 7) is 6.03. The average molecular weight is 440 g/mol. The van der Waals surface area contributed by atoms with Crippen LogP contribution >= 0.6 is 15.9 Å². The molecule has 3 heterocycles. The number of halogens is 1. The maximum atomic E-state index is 13.2. The van der Waals surface area contributed by atoms with Gasteiger partial charge in [-0.25, -0.2) is 0 Å². The average Bonchev–Trinajstić information content (AvgIpc) is 3.15. The molecular formula is C19H26BrN3O4. The van der Waals surface area contributed by atoms with Gasteiger partial charge >= 0.3 is 0 Å². The van der Waals surface area contributed by atoms with E-state index in [4.69, 9.17) is 9.15 Å². The minimum absolute atomic E-state index is 0.0231. The number of carbonyl (C=O) groups is 2. The molecule has 0 aromatic carbocycles. The molecule has 1 atom stereocenters. The minimum Gasteiger partial charge on any atom is -0.448 e. The van der Waals surface area contributed by atoms with E-state index in [2.05, 4.69) is 21.2 Å². The van der Waals surface area contributed by atoms with Crippen LogP contribution in [-0.2, 0) is 16.1 Å². The fourth-order valence-electron chi connectivity index (χ4n) is 3.55. The van der Waals surface area contributed by atoms with E-state index in [1.165, 1.54) is 0 Å². The van der Waals surface area contributed by atoms with Gasteiger partial charge in [-0.2, -0.15) is 0 Å². The van der Waals surface area contributed by atoms with E-state index in [1.807, 2.05) is 24.5 Å². The molecule has 3 rings (SSSR count). The van der Waals surface area contributed by atoms with E-state index in [0.29, 0.717) is 42.2 Å². The van der Waals surface area contributed by atoms with E-state index >= 15 is 0 Å². The molecule has 1 N–H and O–H groups in total. The lowest BCUT2D eigenvalue weighted by Crippen LogP contribution is -2.47.